The molecule has 0 aliphatic heterocycles. The minimum Gasteiger partial charge on any atom is -0.393 e. The molecule has 0 spiro atoms. The second kappa shape index (κ2) is 7.85. The molecule has 0 unspecified atom stereocenters. The molecule has 3 rings (SSSR count). The monoisotopic (exact) mass is 389 g/mol. The lowest BCUT2D eigenvalue weighted by atomic mass is 10.3. The van der Waals surface area contributed by atoms with Crippen molar-refractivity contribution in [3.05, 3.63) is 64.7 Å². The zero-order chi connectivity index (χ0) is 18.5. The van der Waals surface area contributed by atoms with Crippen LogP contribution in [-0.4, -0.2) is 20.9 Å². The van der Waals surface area contributed by atoms with E-state index in [0.29, 0.717) is 27.1 Å². The number of benzene rings is 1. The van der Waals surface area contributed by atoms with Crippen molar-refractivity contribution in [2.45, 2.75) is 0 Å². The number of carbonyl (C=O) groups excluding carboxylic acids is 1. The molecule has 0 aliphatic rings. The Bertz CT molecular complexity index is 937. The van der Waals surface area contributed by atoms with E-state index in [9.17, 15) is 4.79 Å². The van der Waals surface area contributed by atoms with Crippen molar-refractivity contribution in [1.29, 1.82) is 0 Å². The fraction of sp³-hybridized carbons (Fsp3) is 0. The van der Waals surface area contributed by atoms with Gasteiger partial charge < -0.3 is 11.1 Å². The molecule has 2 heterocycles. The number of nitrogens with two attached hydrogens (primary N) is 1. The van der Waals surface area contributed by atoms with Crippen molar-refractivity contribution in [2.75, 3.05) is 16.5 Å². The summed E-state index contributed by atoms with van der Waals surface area (Å²) in [5, 5.41) is 3.72. The third-order valence-electron chi connectivity index (χ3n) is 3.33. The number of halogens is 2. The summed E-state index contributed by atoms with van der Waals surface area (Å²) in [5.41, 5.74) is 12.4. The van der Waals surface area contributed by atoms with Crippen molar-refractivity contribution in [3.63, 3.8) is 0 Å². The topological polar surface area (TPSA) is 118 Å². The van der Waals surface area contributed by atoms with Crippen LogP contribution in [0.3, 0.4) is 0 Å². The normalized spacial score (nSPS) is 10.2. The Kier molecular flexibility index (Phi) is 5.35. The molecule has 0 aliphatic carbocycles. The van der Waals surface area contributed by atoms with Gasteiger partial charge in [0.25, 0.3) is 5.91 Å². The predicted octanol–water partition coefficient (Wildman–Crippen LogP) is 3.26. The van der Waals surface area contributed by atoms with Crippen molar-refractivity contribution >= 4 is 52.1 Å². The number of rotatable bonds is 5. The number of hydrazine groups is 1. The molecular formula is C16H13Cl2N7O. The van der Waals surface area contributed by atoms with Crippen LogP contribution in [0.5, 0.6) is 0 Å². The molecule has 0 bridgehead atoms. The number of aromatic nitrogens is 3. The number of nitrogens with zero attached hydrogens (tertiary/aromatic N) is 3. The number of pyridine rings is 1. The highest BCUT2D eigenvalue weighted by atomic mass is 35.5. The largest absolute Gasteiger partial charge is 0.393 e. The lowest BCUT2D eigenvalue weighted by Crippen LogP contribution is -2.30. The van der Waals surface area contributed by atoms with E-state index in [4.69, 9.17) is 28.9 Å². The Hall–Kier alpha value is -3.10. The SMILES string of the molecule is Nc1c(NNC(=O)c2ccncc2)ncnc1Nc1cccc(Cl)c1Cl. The Labute approximate surface area is 158 Å². The number of hydrogen-bond donors (Lipinski definition) is 4. The molecule has 5 N–H and O–H groups in total. The van der Waals surface area contributed by atoms with Gasteiger partial charge in [0.05, 0.1) is 15.7 Å². The average molecular weight is 390 g/mol. The lowest BCUT2D eigenvalue weighted by molar-refractivity contribution is 0.0962. The first-order valence-corrected chi connectivity index (χ1v) is 8.09. The molecule has 0 saturated carbocycles. The molecule has 1 aromatic carbocycles. The first-order chi connectivity index (χ1) is 12.6. The van der Waals surface area contributed by atoms with Gasteiger partial charge in [-0.05, 0) is 24.3 Å². The summed E-state index contributed by atoms with van der Waals surface area (Å²) in [6.07, 6.45) is 4.33. The molecule has 2 aromatic heterocycles. The summed E-state index contributed by atoms with van der Waals surface area (Å²) in [6, 6.07) is 8.29. The van der Waals surface area contributed by atoms with Crippen LogP contribution in [0.4, 0.5) is 23.0 Å². The van der Waals surface area contributed by atoms with E-state index in [-0.39, 0.29) is 17.4 Å². The van der Waals surface area contributed by atoms with Crippen molar-refractivity contribution in [3.8, 4) is 0 Å². The number of amides is 1. The third kappa shape index (κ3) is 3.93. The minimum absolute atomic E-state index is 0.193. The van der Waals surface area contributed by atoms with Crippen LogP contribution in [0, 0.1) is 0 Å². The van der Waals surface area contributed by atoms with Gasteiger partial charge in [-0.3, -0.25) is 20.6 Å². The van der Waals surface area contributed by atoms with Gasteiger partial charge in [0.15, 0.2) is 11.6 Å². The summed E-state index contributed by atoms with van der Waals surface area (Å²) in [6.45, 7) is 0. The number of anilines is 4. The third-order valence-corrected chi connectivity index (χ3v) is 4.14. The Morgan fingerprint density at radius 2 is 1.77 bits per heavy atom. The quantitative estimate of drug-likeness (QED) is 0.494. The van der Waals surface area contributed by atoms with Gasteiger partial charge in [-0.25, -0.2) is 9.97 Å². The van der Waals surface area contributed by atoms with Crippen LogP contribution >= 0.6 is 23.2 Å². The van der Waals surface area contributed by atoms with Crippen LogP contribution in [-0.2, 0) is 0 Å². The Morgan fingerprint density at radius 1 is 1.04 bits per heavy atom. The second-order valence-electron chi connectivity index (χ2n) is 5.03. The highest BCUT2D eigenvalue weighted by molar-refractivity contribution is 6.43. The van der Waals surface area contributed by atoms with Crippen LogP contribution in [0.2, 0.25) is 10.0 Å². The van der Waals surface area contributed by atoms with E-state index >= 15 is 0 Å². The number of carbonyl (C=O) groups is 1. The minimum atomic E-state index is -0.363. The smallest absolute Gasteiger partial charge is 0.269 e. The van der Waals surface area contributed by atoms with E-state index in [1.165, 1.54) is 18.7 Å². The van der Waals surface area contributed by atoms with Gasteiger partial charge in [0.2, 0.25) is 0 Å². The van der Waals surface area contributed by atoms with Gasteiger partial charge >= 0.3 is 0 Å². The molecule has 0 saturated heterocycles. The van der Waals surface area contributed by atoms with E-state index in [2.05, 4.69) is 31.1 Å². The van der Waals surface area contributed by atoms with Gasteiger partial charge in [-0.15, -0.1) is 0 Å². The highest BCUT2D eigenvalue weighted by Gasteiger charge is 2.12. The van der Waals surface area contributed by atoms with Crippen LogP contribution in [0.25, 0.3) is 0 Å². The second-order valence-corrected chi connectivity index (χ2v) is 5.81. The van der Waals surface area contributed by atoms with Crippen LogP contribution < -0.4 is 21.9 Å². The molecule has 8 nitrogen and oxygen atoms in total. The molecule has 0 fully saturated rings. The predicted molar refractivity (Wildman–Crippen MR) is 102 cm³/mol. The van der Waals surface area contributed by atoms with E-state index < -0.39 is 0 Å². The molecular weight excluding hydrogens is 377 g/mol. The van der Waals surface area contributed by atoms with Crippen molar-refractivity contribution < 1.29 is 4.79 Å². The van der Waals surface area contributed by atoms with Crippen LogP contribution in [0.15, 0.2) is 49.1 Å². The number of nitrogens with one attached hydrogen (secondary N) is 3. The number of nitrogen functional groups attached to an aromatic ring is 1. The van der Waals surface area contributed by atoms with Gasteiger partial charge in [-0.1, -0.05) is 29.3 Å². The number of hydrogen-bond acceptors (Lipinski definition) is 7. The van der Waals surface area contributed by atoms with Crippen molar-refractivity contribution in [2.24, 2.45) is 0 Å². The van der Waals surface area contributed by atoms with Crippen LogP contribution in [0.1, 0.15) is 10.4 Å². The molecule has 10 heteroatoms. The van der Waals surface area contributed by atoms with E-state index in [0.717, 1.165) is 0 Å². The lowest BCUT2D eigenvalue weighted by Gasteiger charge is -2.14. The van der Waals surface area contributed by atoms with Gasteiger partial charge in [-0.2, -0.15) is 0 Å². The Balaban J connectivity index is 1.75. The van der Waals surface area contributed by atoms with E-state index in [1.807, 2.05) is 0 Å². The summed E-state index contributed by atoms with van der Waals surface area (Å²) in [7, 11) is 0. The molecule has 3 aromatic rings. The maximum absolute atomic E-state index is 12.1. The first kappa shape index (κ1) is 17.7. The fourth-order valence-electron chi connectivity index (χ4n) is 2.01. The molecule has 1 amide bonds. The molecule has 26 heavy (non-hydrogen) atoms. The summed E-state index contributed by atoms with van der Waals surface area (Å²) in [5.74, 6) is 0.172. The Morgan fingerprint density at radius 3 is 2.54 bits per heavy atom. The first-order valence-electron chi connectivity index (χ1n) is 7.34. The maximum atomic E-state index is 12.1. The maximum Gasteiger partial charge on any atom is 0.269 e. The summed E-state index contributed by atoms with van der Waals surface area (Å²) >= 11 is 12.1. The van der Waals surface area contributed by atoms with Gasteiger partial charge in [0.1, 0.15) is 12.0 Å². The average Bonchev–Trinajstić information content (AvgIpc) is 2.66. The molecule has 0 radical (unpaired) electrons. The summed E-state index contributed by atoms with van der Waals surface area (Å²) in [4.78, 5) is 24.0. The van der Waals surface area contributed by atoms with Gasteiger partial charge in [0, 0.05) is 18.0 Å². The zero-order valence-corrected chi connectivity index (χ0v) is 14.7. The van der Waals surface area contributed by atoms with E-state index in [1.54, 1.807) is 30.3 Å². The zero-order valence-electron chi connectivity index (χ0n) is 13.2. The summed E-state index contributed by atoms with van der Waals surface area (Å²) < 4.78 is 0. The van der Waals surface area contributed by atoms with Crippen molar-refractivity contribution in [1.82, 2.24) is 20.4 Å². The standard InChI is InChI=1S/C16H13Cl2N7O/c17-10-2-1-3-11(12(10)18)23-14-13(19)15(22-8-21-14)24-25-16(26)9-4-6-20-7-5-9/h1-8H,19H2,(H,25,26)(H2,21,22,23,24). The molecule has 0 atom stereocenters. The fourth-order valence-corrected chi connectivity index (χ4v) is 2.36. The molecule has 132 valence electrons. The highest BCUT2D eigenvalue weighted by Crippen LogP contribution is 2.33.